The van der Waals surface area contributed by atoms with E-state index in [4.69, 9.17) is 27.8 Å². The number of phosphoric ester groups is 1. The molecule has 17 heteroatoms. The fourth-order valence-corrected chi connectivity index (χ4v) is 5.05. The first-order chi connectivity index (χ1) is 19.4. The summed E-state index contributed by atoms with van der Waals surface area (Å²) in [6.07, 6.45) is -11.2. The molecule has 222 valence electrons. The highest BCUT2D eigenvalue weighted by atomic mass is 31.2. The minimum atomic E-state index is -4.91. The monoisotopic (exact) mass is 606 g/mol. The Bertz CT molecular complexity index is 1470. The van der Waals surface area contributed by atoms with E-state index in [-0.39, 0.29) is 22.3 Å². The van der Waals surface area contributed by atoms with Gasteiger partial charge in [0.1, 0.15) is 29.1 Å². The van der Waals surface area contributed by atoms with E-state index >= 15 is 4.39 Å². The Morgan fingerprint density at radius 3 is 1.95 bits per heavy atom. The Labute approximate surface area is 228 Å². The molecule has 2 aromatic carbocycles. The summed E-state index contributed by atoms with van der Waals surface area (Å²) in [6.45, 7) is -1.49. The molecule has 0 bridgehead atoms. The number of ether oxygens (including phenoxy) is 3. The molecule has 41 heavy (non-hydrogen) atoms. The number of aromatic amines is 1. The summed E-state index contributed by atoms with van der Waals surface area (Å²) in [4.78, 5) is 25.0. The molecule has 0 aliphatic carbocycles. The van der Waals surface area contributed by atoms with Crippen molar-refractivity contribution in [1.82, 2.24) is 9.55 Å². The van der Waals surface area contributed by atoms with Crippen LogP contribution in [0.15, 0.2) is 64.3 Å². The number of methoxy groups -OCH3 is 2. The van der Waals surface area contributed by atoms with Gasteiger partial charge < -0.3 is 28.4 Å². The molecule has 2 N–H and O–H groups in total. The molecule has 2 heterocycles. The number of nitrogens with one attached hydrogen (secondary N) is 1. The standard InChI is InChI=1S/C24H23F4N2O10P/c1-35-13-3-7-15(8-4-13)39-41(34,40-16-9-5-14(36-2)6-10-16)37-12-24(22(27)28)19(31)18(26)21(38-24)30-11-17(25)20(32)29-23(30)33/h3-11,18-19,21-22,31H,12H2,1-2H3,(H,29,32,33)/t18?,19?,21-,24-/m0/s1. The van der Waals surface area contributed by atoms with E-state index in [0.29, 0.717) is 11.5 Å². The van der Waals surface area contributed by atoms with E-state index in [9.17, 15) is 32.4 Å². The van der Waals surface area contributed by atoms with Crippen LogP contribution in [0.2, 0.25) is 0 Å². The Morgan fingerprint density at radius 1 is 1.00 bits per heavy atom. The number of aliphatic hydroxyl groups is 1. The average molecular weight is 606 g/mol. The summed E-state index contributed by atoms with van der Waals surface area (Å²) in [5.74, 6) is -0.975. The summed E-state index contributed by atoms with van der Waals surface area (Å²) in [6, 6.07) is 10.9. The molecular formula is C24H23F4N2O10P. The van der Waals surface area contributed by atoms with Crippen LogP contribution in [-0.2, 0) is 13.8 Å². The first kappa shape index (κ1) is 30.1. The van der Waals surface area contributed by atoms with Gasteiger partial charge in [0.25, 0.3) is 12.0 Å². The lowest BCUT2D eigenvalue weighted by molar-refractivity contribution is -0.193. The lowest BCUT2D eigenvalue weighted by Crippen LogP contribution is -2.52. The summed E-state index contributed by atoms with van der Waals surface area (Å²) in [5.41, 5.74) is -6.10. The molecule has 0 radical (unpaired) electrons. The van der Waals surface area contributed by atoms with Crippen LogP contribution >= 0.6 is 7.82 Å². The van der Waals surface area contributed by atoms with E-state index in [0.717, 1.165) is 0 Å². The van der Waals surface area contributed by atoms with Crippen LogP contribution in [0.5, 0.6) is 23.0 Å². The Morgan fingerprint density at radius 2 is 1.49 bits per heavy atom. The lowest BCUT2D eigenvalue weighted by Gasteiger charge is -2.31. The van der Waals surface area contributed by atoms with Gasteiger partial charge in [-0.2, -0.15) is 4.39 Å². The molecule has 4 atom stereocenters. The van der Waals surface area contributed by atoms with Crippen LogP contribution in [0.1, 0.15) is 6.23 Å². The van der Waals surface area contributed by atoms with Gasteiger partial charge in [-0.05, 0) is 48.5 Å². The number of benzene rings is 2. The van der Waals surface area contributed by atoms with Gasteiger partial charge in [0.05, 0.1) is 27.0 Å². The molecule has 1 saturated heterocycles. The SMILES string of the molecule is COc1ccc(OP(=O)(OC[C@]2(C(F)F)O[C@H](n3cc(F)c(=O)[nH]c3=O)C(F)C2O)Oc2ccc(OC)cc2)cc1. The maximum Gasteiger partial charge on any atom is 0.587 e. The second kappa shape index (κ2) is 11.9. The van der Waals surface area contributed by atoms with Crippen molar-refractivity contribution >= 4 is 7.82 Å². The maximum absolute atomic E-state index is 15.1. The van der Waals surface area contributed by atoms with Crippen molar-refractivity contribution in [3.63, 3.8) is 0 Å². The molecule has 1 aliphatic rings. The first-order valence-electron chi connectivity index (χ1n) is 11.6. The summed E-state index contributed by atoms with van der Waals surface area (Å²) in [5, 5.41) is 10.5. The van der Waals surface area contributed by atoms with E-state index < -0.39 is 62.0 Å². The van der Waals surface area contributed by atoms with Crippen LogP contribution in [-0.4, -0.2) is 59.8 Å². The summed E-state index contributed by atoms with van der Waals surface area (Å²) >= 11 is 0. The van der Waals surface area contributed by atoms with Crippen LogP contribution in [0.3, 0.4) is 0 Å². The molecule has 2 unspecified atom stereocenters. The number of aliphatic hydroxyl groups excluding tert-OH is 1. The van der Waals surface area contributed by atoms with Crippen molar-refractivity contribution in [2.24, 2.45) is 0 Å². The van der Waals surface area contributed by atoms with Crippen molar-refractivity contribution in [3.05, 3.63) is 81.4 Å². The Hall–Kier alpha value is -3.85. The van der Waals surface area contributed by atoms with Crippen molar-refractivity contribution in [3.8, 4) is 23.0 Å². The smallest absolute Gasteiger partial charge is 0.497 e. The molecule has 1 aliphatic heterocycles. The van der Waals surface area contributed by atoms with Crippen LogP contribution in [0.25, 0.3) is 0 Å². The number of alkyl halides is 3. The van der Waals surface area contributed by atoms with Crippen LogP contribution < -0.4 is 29.8 Å². The van der Waals surface area contributed by atoms with Gasteiger partial charge in [-0.15, -0.1) is 0 Å². The van der Waals surface area contributed by atoms with E-state index in [1.165, 1.54) is 67.7 Å². The van der Waals surface area contributed by atoms with Gasteiger partial charge in [0.2, 0.25) is 5.82 Å². The number of hydrogen-bond donors (Lipinski definition) is 2. The highest BCUT2D eigenvalue weighted by Gasteiger charge is 2.62. The quantitative estimate of drug-likeness (QED) is 0.246. The number of nitrogens with zero attached hydrogens (tertiary/aromatic N) is 1. The van der Waals surface area contributed by atoms with Gasteiger partial charge in [-0.25, -0.2) is 22.5 Å². The van der Waals surface area contributed by atoms with Gasteiger partial charge >= 0.3 is 13.5 Å². The van der Waals surface area contributed by atoms with E-state index in [2.05, 4.69) is 0 Å². The number of rotatable bonds is 11. The van der Waals surface area contributed by atoms with Crippen LogP contribution in [0, 0.1) is 5.82 Å². The third kappa shape index (κ3) is 6.25. The van der Waals surface area contributed by atoms with Gasteiger partial charge in [0, 0.05) is 0 Å². The number of hydrogen-bond acceptors (Lipinski definition) is 10. The minimum Gasteiger partial charge on any atom is -0.497 e. The van der Waals surface area contributed by atoms with Crippen molar-refractivity contribution < 1.29 is 55.0 Å². The highest BCUT2D eigenvalue weighted by Crippen LogP contribution is 2.52. The largest absolute Gasteiger partial charge is 0.587 e. The number of aromatic nitrogens is 2. The van der Waals surface area contributed by atoms with Gasteiger partial charge in [-0.1, -0.05) is 0 Å². The summed E-state index contributed by atoms with van der Waals surface area (Å²) < 4.78 is 103. The molecule has 1 aromatic heterocycles. The van der Waals surface area contributed by atoms with Crippen LogP contribution in [0.4, 0.5) is 17.6 Å². The Balaban J connectivity index is 1.65. The van der Waals surface area contributed by atoms with Gasteiger partial charge in [-0.3, -0.25) is 18.9 Å². The molecule has 0 amide bonds. The zero-order valence-electron chi connectivity index (χ0n) is 21.2. The lowest BCUT2D eigenvalue weighted by atomic mass is 9.97. The average Bonchev–Trinajstić information content (AvgIpc) is 3.21. The van der Waals surface area contributed by atoms with Gasteiger partial charge in [0.15, 0.2) is 18.0 Å². The third-order valence-electron chi connectivity index (χ3n) is 5.98. The Kier molecular flexibility index (Phi) is 8.77. The third-order valence-corrected chi connectivity index (χ3v) is 7.30. The topological polar surface area (TPSA) is 148 Å². The molecule has 3 aromatic rings. The second-order valence-electron chi connectivity index (χ2n) is 8.55. The van der Waals surface area contributed by atoms with Crippen molar-refractivity contribution in [2.45, 2.75) is 30.5 Å². The number of H-pyrrole nitrogens is 1. The normalized spacial score (nSPS) is 22.5. The number of halogens is 4. The van der Waals surface area contributed by atoms with Crippen molar-refractivity contribution in [2.75, 3.05) is 20.8 Å². The number of phosphoric acid groups is 1. The zero-order valence-corrected chi connectivity index (χ0v) is 22.1. The highest BCUT2D eigenvalue weighted by molar-refractivity contribution is 7.49. The maximum atomic E-state index is 15.1. The van der Waals surface area contributed by atoms with Crippen molar-refractivity contribution in [1.29, 1.82) is 0 Å². The molecule has 0 spiro atoms. The molecule has 4 rings (SSSR count). The first-order valence-corrected chi connectivity index (χ1v) is 13.1. The van der Waals surface area contributed by atoms with E-state index in [1.54, 1.807) is 0 Å². The predicted octanol–water partition coefficient (Wildman–Crippen LogP) is 3.21. The minimum absolute atomic E-state index is 0.113. The zero-order chi connectivity index (χ0) is 29.9. The summed E-state index contributed by atoms with van der Waals surface area (Å²) in [7, 11) is -2.12. The predicted molar refractivity (Wildman–Crippen MR) is 132 cm³/mol. The van der Waals surface area contributed by atoms with E-state index in [1.807, 2.05) is 0 Å². The second-order valence-corrected chi connectivity index (χ2v) is 10.1. The fraction of sp³-hybridized carbons (Fsp3) is 0.333. The molecule has 0 saturated carbocycles. The molecular weight excluding hydrogens is 583 g/mol. The molecule has 12 nitrogen and oxygen atoms in total. The molecule has 1 fully saturated rings. The fourth-order valence-electron chi connectivity index (χ4n) is 3.79.